The number of hydrogen-bond donors (Lipinski definition) is 0. The van der Waals surface area contributed by atoms with E-state index in [0.717, 1.165) is 6.54 Å². The minimum absolute atomic E-state index is 0.188. The molecule has 1 heterocycles. The molecule has 0 unspecified atom stereocenters. The Morgan fingerprint density at radius 2 is 1.81 bits per heavy atom. The summed E-state index contributed by atoms with van der Waals surface area (Å²) in [4.78, 5) is 1.70. The van der Waals surface area contributed by atoms with Crippen molar-refractivity contribution in [1.82, 2.24) is 15.0 Å². The van der Waals surface area contributed by atoms with E-state index < -0.39 is 0 Å². The molecular formula is C13H17N3. The van der Waals surface area contributed by atoms with Gasteiger partial charge in [0.05, 0.1) is 18.9 Å². The van der Waals surface area contributed by atoms with Gasteiger partial charge in [-0.2, -0.15) is 15.0 Å². The summed E-state index contributed by atoms with van der Waals surface area (Å²) in [6, 6.07) is 8.60. The maximum Gasteiger partial charge on any atom is 0.0857 e. The Balaban J connectivity index is 2.23. The first-order valence-corrected chi connectivity index (χ1v) is 5.49. The molecule has 1 aromatic heterocycles. The smallest absolute Gasteiger partial charge is 0.0857 e. The van der Waals surface area contributed by atoms with Gasteiger partial charge >= 0.3 is 0 Å². The van der Waals surface area contributed by atoms with Gasteiger partial charge in [-0.1, -0.05) is 45.0 Å². The average Bonchev–Trinajstić information content (AvgIpc) is 2.70. The molecular weight excluding hydrogens is 198 g/mol. The Bertz CT molecular complexity index is 452. The summed E-state index contributed by atoms with van der Waals surface area (Å²) >= 11 is 0. The number of nitrogens with zero attached hydrogens (tertiary/aromatic N) is 3. The Labute approximate surface area is 96.1 Å². The van der Waals surface area contributed by atoms with Crippen LogP contribution in [0.2, 0.25) is 0 Å². The largest absolute Gasteiger partial charge is 0.180 e. The van der Waals surface area contributed by atoms with Crippen LogP contribution in [0.3, 0.4) is 0 Å². The second-order valence-corrected chi connectivity index (χ2v) is 5.01. The third kappa shape index (κ3) is 2.48. The first-order chi connectivity index (χ1) is 7.55. The first-order valence-electron chi connectivity index (χ1n) is 5.49. The van der Waals surface area contributed by atoms with Gasteiger partial charge in [0.2, 0.25) is 0 Å². The average molecular weight is 215 g/mol. The molecule has 0 saturated heterocycles. The van der Waals surface area contributed by atoms with E-state index in [0.29, 0.717) is 0 Å². The number of aromatic nitrogens is 3. The monoisotopic (exact) mass is 215 g/mol. The van der Waals surface area contributed by atoms with E-state index in [2.05, 4.69) is 55.2 Å². The molecule has 0 aliphatic rings. The lowest BCUT2D eigenvalue weighted by molar-refractivity contribution is 0.576. The number of benzene rings is 1. The van der Waals surface area contributed by atoms with Crippen molar-refractivity contribution < 1.29 is 0 Å². The Morgan fingerprint density at radius 1 is 1.12 bits per heavy atom. The van der Waals surface area contributed by atoms with Gasteiger partial charge in [-0.3, -0.25) is 0 Å². The van der Waals surface area contributed by atoms with Crippen LogP contribution >= 0.6 is 0 Å². The number of rotatable bonds is 2. The van der Waals surface area contributed by atoms with Crippen molar-refractivity contribution in [2.75, 3.05) is 0 Å². The molecule has 0 aliphatic heterocycles. The molecule has 0 radical (unpaired) electrons. The fourth-order valence-corrected chi connectivity index (χ4v) is 1.62. The fraction of sp³-hybridized carbons (Fsp3) is 0.385. The van der Waals surface area contributed by atoms with Crippen LogP contribution in [0.25, 0.3) is 0 Å². The molecule has 3 nitrogen and oxygen atoms in total. The second-order valence-electron chi connectivity index (χ2n) is 5.01. The highest BCUT2D eigenvalue weighted by molar-refractivity contribution is 5.28. The van der Waals surface area contributed by atoms with Gasteiger partial charge in [0.15, 0.2) is 0 Å². The van der Waals surface area contributed by atoms with Crippen molar-refractivity contribution in [3.63, 3.8) is 0 Å². The molecule has 0 aliphatic carbocycles. The molecule has 0 spiro atoms. The molecule has 0 amide bonds. The highest BCUT2D eigenvalue weighted by Gasteiger charge is 2.13. The second kappa shape index (κ2) is 4.08. The van der Waals surface area contributed by atoms with Crippen LogP contribution in [0.15, 0.2) is 36.7 Å². The van der Waals surface area contributed by atoms with Crippen LogP contribution in [-0.4, -0.2) is 15.0 Å². The van der Waals surface area contributed by atoms with Crippen molar-refractivity contribution in [2.24, 2.45) is 0 Å². The van der Waals surface area contributed by atoms with Crippen LogP contribution in [-0.2, 0) is 12.0 Å². The van der Waals surface area contributed by atoms with Gasteiger partial charge in [-0.25, -0.2) is 0 Å². The molecule has 0 atom stereocenters. The highest BCUT2D eigenvalue weighted by atomic mass is 15.5. The molecule has 0 bridgehead atoms. The van der Waals surface area contributed by atoms with Crippen LogP contribution in [0.4, 0.5) is 0 Å². The van der Waals surface area contributed by atoms with Crippen LogP contribution in [0.5, 0.6) is 0 Å². The van der Waals surface area contributed by atoms with Gasteiger partial charge in [-0.15, -0.1) is 0 Å². The summed E-state index contributed by atoms with van der Waals surface area (Å²) in [5, 5.41) is 8.22. The lowest BCUT2D eigenvalue weighted by Crippen LogP contribution is -2.12. The molecule has 1 aromatic carbocycles. The lowest BCUT2D eigenvalue weighted by atomic mass is 9.86. The Kier molecular flexibility index (Phi) is 2.77. The van der Waals surface area contributed by atoms with Gasteiger partial charge in [0.25, 0.3) is 0 Å². The minimum Gasteiger partial charge on any atom is -0.180 e. The molecule has 0 N–H and O–H groups in total. The van der Waals surface area contributed by atoms with Crippen LogP contribution < -0.4 is 0 Å². The zero-order chi connectivity index (χ0) is 11.6. The molecule has 0 saturated carbocycles. The first kappa shape index (κ1) is 10.9. The van der Waals surface area contributed by atoms with Gasteiger partial charge < -0.3 is 0 Å². The third-order valence-corrected chi connectivity index (χ3v) is 2.58. The lowest BCUT2D eigenvalue weighted by Gasteiger charge is -2.19. The van der Waals surface area contributed by atoms with Crippen molar-refractivity contribution in [1.29, 1.82) is 0 Å². The van der Waals surface area contributed by atoms with E-state index in [-0.39, 0.29) is 5.41 Å². The van der Waals surface area contributed by atoms with Crippen LogP contribution in [0, 0.1) is 0 Å². The summed E-state index contributed by atoms with van der Waals surface area (Å²) in [5.74, 6) is 0. The fourth-order valence-electron chi connectivity index (χ4n) is 1.62. The maximum absolute atomic E-state index is 4.11. The summed E-state index contributed by atoms with van der Waals surface area (Å²) in [5.41, 5.74) is 2.77. The summed E-state index contributed by atoms with van der Waals surface area (Å²) in [6.45, 7) is 7.39. The van der Waals surface area contributed by atoms with Crippen molar-refractivity contribution >= 4 is 0 Å². The maximum atomic E-state index is 4.11. The summed E-state index contributed by atoms with van der Waals surface area (Å²) < 4.78 is 0. The Morgan fingerprint density at radius 3 is 2.44 bits per heavy atom. The van der Waals surface area contributed by atoms with E-state index in [9.17, 15) is 0 Å². The third-order valence-electron chi connectivity index (χ3n) is 2.58. The predicted octanol–water partition coefficient (Wildman–Crippen LogP) is 2.62. The summed E-state index contributed by atoms with van der Waals surface area (Å²) in [6.07, 6.45) is 3.40. The van der Waals surface area contributed by atoms with Gasteiger partial charge in [0, 0.05) is 0 Å². The van der Waals surface area contributed by atoms with E-state index in [4.69, 9.17) is 0 Å². The molecule has 2 rings (SSSR count). The van der Waals surface area contributed by atoms with Gasteiger partial charge in [0.1, 0.15) is 0 Å². The van der Waals surface area contributed by atoms with E-state index in [1.165, 1.54) is 11.1 Å². The van der Waals surface area contributed by atoms with E-state index >= 15 is 0 Å². The van der Waals surface area contributed by atoms with Gasteiger partial charge in [-0.05, 0) is 16.5 Å². The molecule has 0 fully saturated rings. The van der Waals surface area contributed by atoms with Crippen molar-refractivity contribution in [2.45, 2.75) is 32.7 Å². The topological polar surface area (TPSA) is 30.7 Å². The number of hydrogen-bond acceptors (Lipinski definition) is 2. The Hall–Kier alpha value is -1.64. The van der Waals surface area contributed by atoms with Crippen LogP contribution in [0.1, 0.15) is 31.9 Å². The highest BCUT2D eigenvalue weighted by Crippen LogP contribution is 2.22. The van der Waals surface area contributed by atoms with Crippen molar-refractivity contribution in [3.8, 4) is 0 Å². The van der Waals surface area contributed by atoms with E-state index in [1.54, 1.807) is 17.2 Å². The zero-order valence-corrected chi connectivity index (χ0v) is 10.0. The molecule has 3 heteroatoms. The molecule has 16 heavy (non-hydrogen) atoms. The molecule has 84 valence electrons. The zero-order valence-electron chi connectivity index (χ0n) is 10.0. The van der Waals surface area contributed by atoms with Crippen molar-refractivity contribution in [3.05, 3.63) is 47.8 Å². The summed E-state index contributed by atoms with van der Waals surface area (Å²) in [7, 11) is 0. The molecule has 2 aromatic rings. The predicted molar refractivity (Wildman–Crippen MR) is 64.3 cm³/mol. The van der Waals surface area contributed by atoms with E-state index in [1.807, 2.05) is 0 Å². The SMILES string of the molecule is CC(C)(C)c1cccc(Cn2nccn2)c1. The minimum atomic E-state index is 0.188. The normalized spacial score (nSPS) is 11.7. The standard InChI is InChI=1S/C13H17N3/c1-13(2,3)12-6-4-5-11(9-12)10-16-14-7-8-15-16/h4-9H,10H2,1-3H3. The quantitative estimate of drug-likeness (QED) is 0.771.